The predicted octanol–water partition coefficient (Wildman–Crippen LogP) is 3.20. The Balaban J connectivity index is 1.47. The van der Waals surface area contributed by atoms with Crippen LogP contribution in [0.1, 0.15) is 30.0 Å². The number of ether oxygens (including phenoxy) is 2. The summed E-state index contributed by atoms with van der Waals surface area (Å²) in [6, 6.07) is 12.0. The maximum atomic E-state index is 13.2. The molecule has 1 fully saturated rings. The van der Waals surface area contributed by atoms with Crippen molar-refractivity contribution in [3.05, 3.63) is 53.1 Å². The minimum atomic E-state index is -0.301. The fraction of sp³-hybridized carbons (Fsp3) is 0.417. The number of carbonyl (C=O) groups excluding carboxylic acids is 2. The minimum Gasteiger partial charge on any atom is -0.493 e. The topological polar surface area (TPSA) is 59.1 Å². The number of hydrogen-bond acceptors (Lipinski definition) is 4. The van der Waals surface area contributed by atoms with Crippen LogP contribution in [0.15, 0.2) is 36.4 Å². The summed E-state index contributed by atoms with van der Waals surface area (Å²) in [5.74, 6) is 1.15. The molecule has 0 aromatic heterocycles. The molecule has 158 valence electrons. The molecule has 6 heteroatoms. The first kappa shape index (κ1) is 20.3. The van der Waals surface area contributed by atoms with Gasteiger partial charge in [0, 0.05) is 31.7 Å². The highest BCUT2D eigenvalue weighted by Gasteiger charge is 2.38. The lowest BCUT2D eigenvalue weighted by atomic mass is 9.97. The van der Waals surface area contributed by atoms with Crippen molar-refractivity contribution in [3.63, 3.8) is 0 Å². The number of benzene rings is 2. The molecule has 2 aromatic rings. The van der Waals surface area contributed by atoms with Gasteiger partial charge in [-0.15, -0.1) is 0 Å². The maximum absolute atomic E-state index is 13.2. The van der Waals surface area contributed by atoms with E-state index in [1.165, 1.54) is 11.1 Å². The van der Waals surface area contributed by atoms with E-state index in [2.05, 4.69) is 6.92 Å². The van der Waals surface area contributed by atoms with Gasteiger partial charge in [-0.3, -0.25) is 9.59 Å². The summed E-state index contributed by atoms with van der Waals surface area (Å²) in [6.07, 6.45) is 2.00. The zero-order chi connectivity index (χ0) is 21.3. The van der Waals surface area contributed by atoms with Gasteiger partial charge in [0.05, 0.1) is 20.1 Å². The highest BCUT2D eigenvalue weighted by Crippen LogP contribution is 2.34. The summed E-state index contributed by atoms with van der Waals surface area (Å²) < 4.78 is 10.8. The Bertz CT molecular complexity index is 954. The van der Waals surface area contributed by atoms with Gasteiger partial charge in [0.15, 0.2) is 11.5 Å². The SMILES string of the molecule is CCc1ccc(N2CC(C(=O)N3CCc4cc(OC)c(OC)cc4C3)CC2=O)cc1. The quantitative estimate of drug-likeness (QED) is 0.762. The number of rotatable bonds is 5. The molecule has 1 unspecified atom stereocenters. The van der Waals surface area contributed by atoms with Gasteiger partial charge in [-0.25, -0.2) is 0 Å². The molecule has 1 atom stereocenters. The summed E-state index contributed by atoms with van der Waals surface area (Å²) >= 11 is 0. The van der Waals surface area contributed by atoms with E-state index in [1.807, 2.05) is 41.3 Å². The monoisotopic (exact) mass is 408 g/mol. The average Bonchev–Trinajstić information content (AvgIpc) is 3.18. The van der Waals surface area contributed by atoms with Gasteiger partial charge < -0.3 is 19.3 Å². The molecule has 4 rings (SSSR count). The Hall–Kier alpha value is -3.02. The largest absolute Gasteiger partial charge is 0.493 e. The van der Waals surface area contributed by atoms with Crippen molar-refractivity contribution in [2.24, 2.45) is 5.92 Å². The summed E-state index contributed by atoms with van der Waals surface area (Å²) in [5, 5.41) is 0. The van der Waals surface area contributed by atoms with E-state index in [4.69, 9.17) is 9.47 Å². The molecule has 0 N–H and O–H groups in total. The zero-order valence-electron chi connectivity index (χ0n) is 17.8. The van der Waals surface area contributed by atoms with Crippen LogP contribution in [0, 0.1) is 5.92 Å². The molecule has 0 saturated carbocycles. The lowest BCUT2D eigenvalue weighted by Gasteiger charge is -2.31. The first-order chi connectivity index (χ1) is 14.5. The Morgan fingerprint density at radius 2 is 1.73 bits per heavy atom. The van der Waals surface area contributed by atoms with Crippen LogP contribution in [0.3, 0.4) is 0 Å². The molecule has 30 heavy (non-hydrogen) atoms. The summed E-state index contributed by atoms with van der Waals surface area (Å²) in [7, 11) is 3.24. The smallest absolute Gasteiger partial charge is 0.228 e. The van der Waals surface area contributed by atoms with Crippen LogP contribution in [0.25, 0.3) is 0 Å². The third-order valence-corrected chi connectivity index (χ3v) is 6.16. The van der Waals surface area contributed by atoms with Crippen LogP contribution < -0.4 is 14.4 Å². The van der Waals surface area contributed by atoms with Gasteiger partial charge in [0.25, 0.3) is 0 Å². The van der Waals surface area contributed by atoms with Crippen LogP contribution in [-0.2, 0) is 29.0 Å². The van der Waals surface area contributed by atoms with Gasteiger partial charge in [0.1, 0.15) is 0 Å². The van der Waals surface area contributed by atoms with Crippen molar-refractivity contribution in [1.29, 1.82) is 0 Å². The number of fused-ring (bicyclic) bond motifs is 1. The molecule has 1 saturated heterocycles. The highest BCUT2D eigenvalue weighted by atomic mass is 16.5. The van der Waals surface area contributed by atoms with Gasteiger partial charge in [-0.05, 0) is 53.8 Å². The van der Waals surface area contributed by atoms with E-state index in [1.54, 1.807) is 19.1 Å². The first-order valence-electron chi connectivity index (χ1n) is 10.5. The summed E-state index contributed by atoms with van der Waals surface area (Å²) in [6.45, 7) is 3.73. The van der Waals surface area contributed by atoms with Crippen LogP contribution in [-0.4, -0.2) is 44.0 Å². The Labute approximate surface area is 177 Å². The summed E-state index contributed by atoms with van der Waals surface area (Å²) in [5.41, 5.74) is 4.35. The van der Waals surface area contributed by atoms with Crippen molar-refractivity contribution < 1.29 is 19.1 Å². The number of nitrogens with zero attached hydrogens (tertiary/aromatic N) is 2. The van der Waals surface area contributed by atoms with Gasteiger partial charge in [-0.1, -0.05) is 19.1 Å². The number of aryl methyl sites for hydroxylation is 1. The second kappa shape index (κ2) is 8.38. The van der Waals surface area contributed by atoms with Gasteiger partial charge in [0.2, 0.25) is 11.8 Å². The zero-order valence-corrected chi connectivity index (χ0v) is 17.8. The number of anilines is 1. The minimum absolute atomic E-state index is 0.0152. The predicted molar refractivity (Wildman–Crippen MR) is 115 cm³/mol. The lowest BCUT2D eigenvalue weighted by molar-refractivity contribution is -0.136. The van der Waals surface area contributed by atoms with E-state index in [0.717, 1.165) is 24.1 Å². The molecule has 2 aromatic carbocycles. The van der Waals surface area contributed by atoms with E-state index < -0.39 is 0 Å². The van der Waals surface area contributed by atoms with Crippen molar-refractivity contribution in [1.82, 2.24) is 4.90 Å². The highest BCUT2D eigenvalue weighted by molar-refractivity contribution is 6.00. The normalized spacial score (nSPS) is 18.4. The van der Waals surface area contributed by atoms with Crippen LogP contribution in [0.5, 0.6) is 11.5 Å². The maximum Gasteiger partial charge on any atom is 0.228 e. The molecule has 2 aliphatic heterocycles. The second-order valence-corrected chi connectivity index (χ2v) is 7.91. The van der Waals surface area contributed by atoms with Crippen LogP contribution in [0.4, 0.5) is 5.69 Å². The van der Waals surface area contributed by atoms with Crippen molar-refractivity contribution in [2.45, 2.75) is 32.7 Å². The molecule has 2 amide bonds. The fourth-order valence-electron chi connectivity index (χ4n) is 4.36. The van der Waals surface area contributed by atoms with Gasteiger partial charge >= 0.3 is 0 Å². The number of carbonyl (C=O) groups is 2. The Morgan fingerprint density at radius 1 is 1.07 bits per heavy atom. The van der Waals surface area contributed by atoms with Crippen molar-refractivity contribution in [3.8, 4) is 11.5 Å². The Morgan fingerprint density at radius 3 is 2.37 bits per heavy atom. The molecule has 0 radical (unpaired) electrons. The molecular weight excluding hydrogens is 380 g/mol. The molecule has 0 aliphatic carbocycles. The van der Waals surface area contributed by atoms with Crippen molar-refractivity contribution in [2.75, 3.05) is 32.2 Å². The number of hydrogen-bond donors (Lipinski definition) is 0. The second-order valence-electron chi connectivity index (χ2n) is 7.91. The first-order valence-corrected chi connectivity index (χ1v) is 10.5. The van der Waals surface area contributed by atoms with Crippen molar-refractivity contribution >= 4 is 17.5 Å². The average molecular weight is 408 g/mol. The molecule has 6 nitrogen and oxygen atoms in total. The fourth-order valence-corrected chi connectivity index (χ4v) is 4.36. The molecule has 0 spiro atoms. The van der Waals surface area contributed by atoms with E-state index in [9.17, 15) is 9.59 Å². The third-order valence-electron chi connectivity index (χ3n) is 6.16. The molecule has 2 heterocycles. The van der Waals surface area contributed by atoms with E-state index >= 15 is 0 Å². The van der Waals surface area contributed by atoms with Crippen LogP contribution >= 0.6 is 0 Å². The Kier molecular flexibility index (Phi) is 5.66. The summed E-state index contributed by atoms with van der Waals surface area (Å²) in [4.78, 5) is 29.4. The molecule has 2 aliphatic rings. The number of methoxy groups -OCH3 is 2. The van der Waals surface area contributed by atoms with E-state index in [0.29, 0.717) is 31.1 Å². The van der Waals surface area contributed by atoms with E-state index in [-0.39, 0.29) is 24.2 Å². The van der Waals surface area contributed by atoms with Crippen LogP contribution in [0.2, 0.25) is 0 Å². The molecular formula is C24H28N2O4. The third kappa shape index (κ3) is 3.74. The lowest BCUT2D eigenvalue weighted by Crippen LogP contribution is -2.40. The standard InChI is InChI=1S/C24H28N2O4/c1-4-16-5-7-20(8-6-16)26-15-19(13-23(26)27)24(28)25-10-9-17-11-21(29-2)22(30-3)12-18(17)14-25/h5-8,11-12,19H,4,9-10,13-15H2,1-3H3. The van der Waals surface area contributed by atoms with Gasteiger partial charge in [-0.2, -0.15) is 0 Å². The molecule has 0 bridgehead atoms. The number of amides is 2.